The molecule has 1 aromatic carbocycles. The second-order valence-electron chi connectivity index (χ2n) is 4.30. The van der Waals surface area contributed by atoms with Crippen LogP contribution in [-0.4, -0.2) is 5.11 Å². The highest BCUT2D eigenvalue weighted by atomic mass is 16.3. The van der Waals surface area contributed by atoms with Crippen molar-refractivity contribution in [1.29, 1.82) is 0 Å². The highest BCUT2D eigenvalue weighted by Gasteiger charge is 2.16. The van der Waals surface area contributed by atoms with Crippen molar-refractivity contribution in [2.75, 3.05) is 0 Å². The van der Waals surface area contributed by atoms with Gasteiger partial charge < -0.3 is 5.11 Å². The second kappa shape index (κ2) is 3.74. The summed E-state index contributed by atoms with van der Waals surface area (Å²) in [6, 6.07) is 2.15. The summed E-state index contributed by atoms with van der Waals surface area (Å²) >= 11 is 0. The average Bonchev–Trinajstić information content (AvgIpc) is 2.23. The largest absolute Gasteiger partial charge is 0.392 e. The summed E-state index contributed by atoms with van der Waals surface area (Å²) in [5, 5.41) is 9.31. The molecule has 1 aliphatic rings. The molecule has 0 saturated carbocycles. The number of rotatable bonds is 1. The molecular formula is C13H18O. The predicted molar refractivity (Wildman–Crippen MR) is 58.5 cm³/mol. The summed E-state index contributed by atoms with van der Waals surface area (Å²) in [7, 11) is 0. The lowest BCUT2D eigenvalue weighted by atomic mass is 9.84. The zero-order valence-corrected chi connectivity index (χ0v) is 9.06. The summed E-state index contributed by atoms with van der Waals surface area (Å²) < 4.78 is 0. The molecule has 0 radical (unpaired) electrons. The van der Waals surface area contributed by atoms with Crippen molar-refractivity contribution in [3.63, 3.8) is 0 Å². The molecule has 0 aromatic heterocycles. The lowest BCUT2D eigenvalue weighted by Gasteiger charge is -2.22. The Balaban J connectivity index is 2.60. The van der Waals surface area contributed by atoms with E-state index < -0.39 is 0 Å². The zero-order chi connectivity index (χ0) is 10.1. The Morgan fingerprint density at radius 1 is 1.14 bits per heavy atom. The second-order valence-corrected chi connectivity index (χ2v) is 4.30. The molecule has 1 N–H and O–H groups in total. The van der Waals surface area contributed by atoms with E-state index in [2.05, 4.69) is 19.9 Å². The molecule has 1 nitrogen and oxygen atoms in total. The van der Waals surface area contributed by atoms with Crippen LogP contribution in [0.5, 0.6) is 0 Å². The fourth-order valence-corrected chi connectivity index (χ4v) is 2.51. The number of aliphatic hydroxyl groups is 1. The van der Waals surface area contributed by atoms with Gasteiger partial charge in [0.05, 0.1) is 6.61 Å². The number of hydrogen-bond acceptors (Lipinski definition) is 1. The summed E-state index contributed by atoms with van der Waals surface area (Å²) in [4.78, 5) is 0. The molecule has 0 aliphatic heterocycles. The molecule has 1 aliphatic carbocycles. The van der Waals surface area contributed by atoms with Gasteiger partial charge in [0, 0.05) is 0 Å². The van der Waals surface area contributed by atoms with Crippen molar-refractivity contribution in [2.24, 2.45) is 0 Å². The molecule has 2 rings (SSSR count). The molecule has 14 heavy (non-hydrogen) atoms. The van der Waals surface area contributed by atoms with E-state index in [-0.39, 0.29) is 6.61 Å². The first kappa shape index (κ1) is 9.72. The first-order chi connectivity index (χ1) is 6.74. The van der Waals surface area contributed by atoms with E-state index in [9.17, 15) is 5.11 Å². The topological polar surface area (TPSA) is 20.2 Å². The van der Waals surface area contributed by atoms with E-state index in [0.29, 0.717) is 0 Å². The predicted octanol–water partition coefficient (Wildman–Crippen LogP) is 2.67. The fourth-order valence-electron chi connectivity index (χ4n) is 2.51. The molecule has 1 heteroatoms. The number of aryl methyl sites for hydroxylation is 1. The van der Waals surface area contributed by atoms with Crippen LogP contribution in [0.4, 0.5) is 0 Å². The van der Waals surface area contributed by atoms with E-state index >= 15 is 0 Å². The van der Waals surface area contributed by atoms with Crippen LogP contribution in [0.15, 0.2) is 6.07 Å². The number of fused-ring (bicyclic) bond motifs is 1. The van der Waals surface area contributed by atoms with Crippen molar-refractivity contribution in [1.82, 2.24) is 0 Å². The molecule has 0 saturated heterocycles. The van der Waals surface area contributed by atoms with Gasteiger partial charge in [-0.05, 0) is 67.3 Å². The minimum Gasteiger partial charge on any atom is -0.392 e. The highest BCUT2D eigenvalue weighted by molar-refractivity contribution is 5.46. The van der Waals surface area contributed by atoms with Crippen molar-refractivity contribution < 1.29 is 5.11 Å². The van der Waals surface area contributed by atoms with Gasteiger partial charge in [0.1, 0.15) is 0 Å². The van der Waals surface area contributed by atoms with E-state index in [1.54, 1.807) is 0 Å². The van der Waals surface area contributed by atoms with Crippen molar-refractivity contribution >= 4 is 0 Å². The average molecular weight is 190 g/mol. The van der Waals surface area contributed by atoms with Gasteiger partial charge >= 0.3 is 0 Å². The Kier molecular flexibility index (Phi) is 2.60. The smallest absolute Gasteiger partial charge is 0.0684 e. The van der Waals surface area contributed by atoms with Crippen LogP contribution in [0.25, 0.3) is 0 Å². The van der Waals surface area contributed by atoms with Crippen LogP contribution >= 0.6 is 0 Å². The monoisotopic (exact) mass is 190 g/mol. The van der Waals surface area contributed by atoms with Crippen LogP contribution in [0, 0.1) is 13.8 Å². The van der Waals surface area contributed by atoms with Crippen molar-refractivity contribution in [2.45, 2.75) is 46.1 Å². The Morgan fingerprint density at radius 2 is 1.79 bits per heavy atom. The lowest BCUT2D eigenvalue weighted by Crippen LogP contribution is -2.09. The maximum Gasteiger partial charge on any atom is 0.0684 e. The Labute approximate surface area is 85.8 Å². The first-order valence-electron chi connectivity index (χ1n) is 5.45. The highest BCUT2D eigenvalue weighted by Crippen LogP contribution is 2.29. The third-order valence-corrected chi connectivity index (χ3v) is 3.46. The van der Waals surface area contributed by atoms with Gasteiger partial charge in [-0.15, -0.1) is 0 Å². The molecule has 0 atom stereocenters. The molecule has 0 heterocycles. The molecule has 0 spiro atoms. The van der Waals surface area contributed by atoms with E-state index in [1.165, 1.54) is 41.5 Å². The maximum absolute atomic E-state index is 9.31. The Morgan fingerprint density at radius 3 is 2.43 bits per heavy atom. The normalized spacial score (nSPS) is 15.4. The standard InChI is InChI=1S/C13H18O/c1-9-7-11(8-14)13-6-4-3-5-12(13)10(9)2/h7,14H,3-6,8H2,1-2H3. The Bertz CT molecular complexity index is 353. The van der Waals surface area contributed by atoms with E-state index in [1.807, 2.05) is 0 Å². The maximum atomic E-state index is 9.31. The minimum atomic E-state index is 0.198. The van der Waals surface area contributed by atoms with Gasteiger partial charge in [-0.25, -0.2) is 0 Å². The number of benzene rings is 1. The third-order valence-electron chi connectivity index (χ3n) is 3.46. The quantitative estimate of drug-likeness (QED) is 0.722. The number of hydrogen-bond donors (Lipinski definition) is 1. The van der Waals surface area contributed by atoms with Crippen LogP contribution in [0.3, 0.4) is 0 Å². The van der Waals surface area contributed by atoms with E-state index in [4.69, 9.17) is 0 Å². The van der Waals surface area contributed by atoms with E-state index in [0.717, 1.165) is 12.0 Å². The molecule has 0 fully saturated rings. The van der Waals surface area contributed by atoms with Crippen LogP contribution in [0.1, 0.15) is 40.7 Å². The first-order valence-corrected chi connectivity index (χ1v) is 5.45. The van der Waals surface area contributed by atoms with Crippen LogP contribution in [-0.2, 0) is 19.4 Å². The molecule has 76 valence electrons. The molecule has 1 aromatic rings. The Hall–Kier alpha value is -0.820. The lowest BCUT2D eigenvalue weighted by molar-refractivity contribution is 0.280. The SMILES string of the molecule is Cc1cc(CO)c2c(c1C)CCCC2. The van der Waals surface area contributed by atoms with Gasteiger partial charge in [-0.3, -0.25) is 0 Å². The minimum absolute atomic E-state index is 0.198. The summed E-state index contributed by atoms with van der Waals surface area (Å²) in [6.45, 7) is 4.55. The summed E-state index contributed by atoms with van der Waals surface area (Å²) in [6.07, 6.45) is 4.95. The van der Waals surface area contributed by atoms with Crippen LogP contribution in [0.2, 0.25) is 0 Å². The number of aliphatic hydroxyl groups excluding tert-OH is 1. The molecule has 0 unspecified atom stereocenters. The molecular weight excluding hydrogens is 172 g/mol. The zero-order valence-electron chi connectivity index (χ0n) is 9.06. The molecule has 0 bridgehead atoms. The fraction of sp³-hybridized carbons (Fsp3) is 0.538. The van der Waals surface area contributed by atoms with Gasteiger partial charge in [-0.2, -0.15) is 0 Å². The van der Waals surface area contributed by atoms with Crippen LogP contribution < -0.4 is 0 Å². The van der Waals surface area contributed by atoms with Crippen molar-refractivity contribution in [3.8, 4) is 0 Å². The van der Waals surface area contributed by atoms with Gasteiger partial charge in [0.2, 0.25) is 0 Å². The van der Waals surface area contributed by atoms with Gasteiger partial charge in [-0.1, -0.05) is 6.07 Å². The summed E-state index contributed by atoms with van der Waals surface area (Å²) in [5.74, 6) is 0. The molecule has 0 amide bonds. The summed E-state index contributed by atoms with van der Waals surface area (Å²) in [5.41, 5.74) is 6.87. The van der Waals surface area contributed by atoms with Gasteiger partial charge in [0.15, 0.2) is 0 Å². The van der Waals surface area contributed by atoms with Gasteiger partial charge in [0.25, 0.3) is 0 Å². The third kappa shape index (κ3) is 1.46. The van der Waals surface area contributed by atoms with Crippen molar-refractivity contribution in [3.05, 3.63) is 33.9 Å².